The molecule has 1 N–H and O–H groups in total. The van der Waals surface area contributed by atoms with E-state index in [0.29, 0.717) is 5.02 Å². The Bertz CT molecular complexity index is 925. The Morgan fingerprint density at radius 3 is 2.58 bits per heavy atom. The third-order valence-electron chi connectivity index (χ3n) is 4.29. The van der Waals surface area contributed by atoms with Gasteiger partial charge in [0.15, 0.2) is 0 Å². The number of nitrogens with zero attached hydrogens (tertiary/aromatic N) is 3. The Balaban J connectivity index is 0.000000447. The van der Waals surface area contributed by atoms with Crippen LogP contribution in [0.1, 0.15) is 28.3 Å². The Hall–Kier alpha value is -2.57. The Labute approximate surface area is 159 Å². The highest BCUT2D eigenvalue weighted by Gasteiger charge is 2.27. The molecule has 1 aliphatic carbocycles. The summed E-state index contributed by atoms with van der Waals surface area (Å²) in [6, 6.07) is 12.5. The number of aromatic nitrogens is 2. The van der Waals surface area contributed by atoms with Crippen LogP contribution in [0.3, 0.4) is 0 Å². The summed E-state index contributed by atoms with van der Waals surface area (Å²) in [5.41, 5.74) is 4.98. The van der Waals surface area contributed by atoms with Crippen molar-refractivity contribution >= 4 is 23.2 Å². The van der Waals surface area contributed by atoms with Crippen LogP contribution in [0.25, 0.3) is 0 Å². The lowest BCUT2D eigenvalue weighted by atomic mass is 9.94. The fraction of sp³-hybridized carbons (Fsp3) is 0.167. The van der Waals surface area contributed by atoms with Gasteiger partial charge in [-0.3, -0.25) is 0 Å². The zero-order valence-corrected chi connectivity index (χ0v) is 15.1. The minimum Gasteiger partial charge on any atom is -0.328 e. The molecule has 134 valence electrons. The van der Waals surface area contributed by atoms with E-state index in [0.717, 1.165) is 23.4 Å². The van der Waals surface area contributed by atoms with Crippen LogP contribution < -0.4 is 0 Å². The number of aryl methyl sites for hydroxylation is 2. The maximum absolute atomic E-state index is 8.36. The highest BCUT2D eigenvalue weighted by molar-refractivity contribution is 6.35. The van der Waals surface area contributed by atoms with Gasteiger partial charge in [0.05, 0.1) is 12.4 Å². The van der Waals surface area contributed by atoms with Crippen LogP contribution in [0.4, 0.5) is 0 Å². The van der Waals surface area contributed by atoms with Crippen LogP contribution >= 0.6 is 23.2 Å². The predicted octanol–water partition coefficient (Wildman–Crippen LogP) is 4.58. The number of fused-ring (bicyclic) bond motifs is 2. The molecule has 0 aliphatic heterocycles. The molecule has 3 aromatic rings. The summed E-state index contributed by atoms with van der Waals surface area (Å²) in [7, 11) is 0. The molecule has 2 aromatic carbocycles. The van der Waals surface area contributed by atoms with Crippen LogP contribution in [0.2, 0.25) is 10.0 Å². The second kappa shape index (κ2) is 7.76. The van der Waals surface area contributed by atoms with Gasteiger partial charge in [-0.25, -0.2) is 4.98 Å². The van der Waals surface area contributed by atoms with Gasteiger partial charge >= 0.3 is 0 Å². The van der Waals surface area contributed by atoms with Gasteiger partial charge in [0, 0.05) is 28.0 Å². The van der Waals surface area contributed by atoms with Crippen molar-refractivity contribution in [2.75, 3.05) is 0 Å². The van der Waals surface area contributed by atoms with Crippen LogP contribution in [0.15, 0.2) is 55.1 Å². The summed E-state index contributed by atoms with van der Waals surface area (Å²) in [5.74, 6) is 0. The molecule has 26 heavy (non-hydrogen) atoms. The van der Waals surface area contributed by atoms with E-state index in [9.17, 15) is 0 Å². The Kier molecular flexibility index (Phi) is 5.44. The van der Waals surface area contributed by atoms with Gasteiger partial charge in [0.1, 0.15) is 0 Å². The first-order valence-electron chi connectivity index (χ1n) is 7.83. The van der Waals surface area contributed by atoms with E-state index < -0.39 is 5.09 Å². The van der Waals surface area contributed by atoms with Crippen LogP contribution in [0.5, 0.6) is 0 Å². The summed E-state index contributed by atoms with van der Waals surface area (Å²) in [5, 5.41) is 15.1. The van der Waals surface area contributed by atoms with E-state index in [2.05, 4.69) is 33.8 Å². The molecule has 4 rings (SSSR count). The standard InChI is InChI=1S/C18H14Cl2N2.HNO3/c19-14-9-13-6-5-12-3-1-2-4-15(12)18(17(13)16(20)10-14)22-8-7-21-11-22;2-1(3)4/h1-4,7-11,18H,5-6H2;(H,2,3,4)/t18-;/m0./s1. The molecule has 0 fully saturated rings. The summed E-state index contributed by atoms with van der Waals surface area (Å²) < 4.78 is 2.11. The molecule has 0 saturated carbocycles. The van der Waals surface area contributed by atoms with E-state index >= 15 is 0 Å². The lowest BCUT2D eigenvalue weighted by molar-refractivity contribution is -0.742. The van der Waals surface area contributed by atoms with Crippen molar-refractivity contribution in [3.63, 3.8) is 0 Å². The maximum Gasteiger partial charge on any atom is 0.291 e. The molecule has 0 spiro atoms. The van der Waals surface area contributed by atoms with E-state index in [4.69, 9.17) is 38.5 Å². The smallest absolute Gasteiger partial charge is 0.291 e. The van der Waals surface area contributed by atoms with Gasteiger partial charge in [-0.1, -0.05) is 47.5 Å². The second-order valence-electron chi connectivity index (χ2n) is 5.81. The minimum atomic E-state index is -1.50. The molecular weight excluding hydrogens is 377 g/mol. The first-order chi connectivity index (χ1) is 12.5. The Morgan fingerprint density at radius 1 is 1.19 bits per heavy atom. The lowest BCUT2D eigenvalue weighted by Crippen LogP contribution is -2.13. The largest absolute Gasteiger partial charge is 0.328 e. The van der Waals surface area contributed by atoms with Crippen molar-refractivity contribution in [1.29, 1.82) is 0 Å². The van der Waals surface area contributed by atoms with Crippen molar-refractivity contribution in [2.24, 2.45) is 0 Å². The molecule has 1 heterocycles. The van der Waals surface area contributed by atoms with E-state index in [1.165, 1.54) is 16.7 Å². The number of hydrogen-bond donors (Lipinski definition) is 1. The number of benzene rings is 2. The zero-order chi connectivity index (χ0) is 18.7. The molecule has 6 nitrogen and oxygen atoms in total. The molecule has 8 heteroatoms. The lowest BCUT2D eigenvalue weighted by Gasteiger charge is -2.23. The summed E-state index contributed by atoms with van der Waals surface area (Å²) in [6.07, 6.45) is 7.57. The third kappa shape index (κ3) is 3.81. The predicted molar refractivity (Wildman–Crippen MR) is 98.6 cm³/mol. The SMILES string of the molecule is Clc1cc(Cl)c2c(c1)CCc1ccccc1[C@@H]2n1ccnc1.O=[N+]([O-])O. The fourth-order valence-electron chi connectivity index (χ4n) is 3.34. The van der Waals surface area contributed by atoms with Gasteiger partial charge in [0.25, 0.3) is 5.09 Å². The van der Waals surface area contributed by atoms with E-state index in [1.807, 2.05) is 24.7 Å². The molecular formula is C18H15Cl2N3O3. The quantitative estimate of drug-likeness (QED) is 0.486. The molecule has 0 radical (unpaired) electrons. The molecule has 0 unspecified atom stereocenters. The highest BCUT2D eigenvalue weighted by atomic mass is 35.5. The van der Waals surface area contributed by atoms with Crippen LogP contribution in [-0.4, -0.2) is 19.8 Å². The van der Waals surface area contributed by atoms with Gasteiger partial charge in [-0.2, -0.15) is 0 Å². The van der Waals surface area contributed by atoms with Gasteiger partial charge in [0.2, 0.25) is 0 Å². The van der Waals surface area contributed by atoms with Crippen molar-refractivity contribution in [3.05, 3.63) is 97.5 Å². The monoisotopic (exact) mass is 391 g/mol. The molecule has 1 aliphatic rings. The average Bonchev–Trinajstić information content (AvgIpc) is 3.04. The molecule has 0 amide bonds. The molecule has 1 atom stereocenters. The van der Waals surface area contributed by atoms with Gasteiger partial charge in [-0.15, -0.1) is 10.1 Å². The summed E-state index contributed by atoms with van der Waals surface area (Å²) >= 11 is 12.8. The number of halogens is 2. The van der Waals surface area contributed by atoms with Gasteiger partial charge < -0.3 is 9.77 Å². The number of imidazole rings is 1. The van der Waals surface area contributed by atoms with Crippen molar-refractivity contribution in [2.45, 2.75) is 18.9 Å². The molecule has 0 saturated heterocycles. The molecule has 0 bridgehead atoms. The first kappa shape index (κ1) is 18.2. The third-order valence-corrected chi connectivity index (χ3v) is 4.82. The van der Waals surface area contributed by atoms with Crippen molar-refractivity contribution in [1.82, 2.24) is 9.55 Å². The topological polar surface area (TPSA) is 81.2 Å². The van der Waals surface area contributed by atoms with Gasteiger partial charge in [-0.05, 0) is 41.7 Å². The Morgan fingerprint density at radius 2 is 1.88 bits per heavy atom. The number of rotatable bonds is 1. The average molecular weight is 392 g/mol. The molecule has 1 aromatic heterocycles. The van der Waals surface area contributed by atoms with E-state index in [-0.39, 0.29) is 6.04 Å². The van der Waals surface area contributed by atoms with Crippen molar-refractivity contribution < 1.29 is 10.3 Å². The minimum absolute atomic E-state index is 0.0426. The highest BCUT2D eigenvalue weighted by Crippen LogP contribution is 2.40. The summed E-state index contributed by atoms with van der Waals surface area (Å²) in [6.45, 7) is 0. The normalized spacial score (nSPS) is 15.1. The van der Waals surface area contributed by atoms with Crippen LogP contribution in [-0.2, 0) is 12.8 Å². The summed E-state index contributed by atoms with van der Waals surface area (Å²) in [4.78, 5) is 12.6. The van der Waals surface area contributed by atoms with Crippen molar-refractivity contribution in [3.8, 4) is 0 Å². The second-order valence-corrected chi connectivity index (χ2v) is 6.65. The zero-order valence-electron chi connectivity index (χ0n) is 13.5. The fourth-order valence-corrected chi connectivity index (χ4v) is 3.98. The maximum atomic E-state index is 8.36. The van der Waals surface area contributed by atoms with Crippen LogP contribution in [0, 0.1) is 10.1 Å². The van der Waals surface area contributed by atoms with E-state index in [1.54, 1.807) is 6.20 Å². The first-order valence-corrected chi connectivity index (χ1v) is 8.59. The number of hydrogen-bond acceptors (Lipinski definition) is 3.